The topological polar surface area (TPSA) is 112 Å². The first-order valence-corrected chi connectivity index (χ1v) is 13.0. The number of aryl methyl sites for hydroxylation is 1. The largest absolute Gasteiger partial charge is 0.334 e. The van der Waals surface area contributed by atoms with Crippen LogP contribution in [0.4, 0.5) is 16.3 Å². The molecule has 2 amide bonds. The molecule has 0 spiro atoms. The molecule has 0 saturated heterocycles. The van der Waals surface area contributed by atoms with Gasteiger partial charge in [-0.1, -0.05) is 18.2 Å². The van der Waals surface area contributed by atoms with Crippen LogP contribution in [0.3, 0.4) is 0 Å². The molecule has 4 aromatic rings. The van der Waals surface area contributed by atoms with Gasteiger partial charge in [-0.2, -0.15) is 10.4 Å². The van der Waals surface area contributed by atoms with E-state index in [1.165, 1.54) is 6.20 Å². The number of urea groups is 1. The first kappa shape index (κ1) is 25.8. The van der Waals surface area contributed by atoms with Crippen molar-refractivity contribution in [2.45, 2.75) is 38.3 Å². The molecule has 9 nitrogen and oxygen atoms in total. The number of nitriles is 1. The zero-order valence-corrected chi connectivity index (χ0v) is 21.8. The number of benzene rings is 1. The van der Waals surface area contributed by atoms with Crippen molar-refractivity contribution >= 4 is 23.8 Å². The Morgan fingerprint density at radius 2 is 1.92 bits per heavy atom. The number of aliphatic imine (C=N–C) groups is 1. The lowest BCUT2D eigenvalue weighted by molar-refractivity contribution is 0.240. The van der Waals surface area contributed by atoms with Crippen molar-refractivity contribution in [3.05, 3.63) is 90.6 Å². The Labute approximate surface area is 227 Å². The molecule has 1 saturated carbocycles. The van der Waals surface area contributed by atoms with Gasteiger partial charge in [0.15, 0.2) is 5.82 Å². The lowest BCUT2D eigenvalue weighted by Crippen LogP contribution is -2.47. The molecule has 39 heavy (non-hydrogen) atoms. The first-order valence-electron chi connectivity index (χ1n) is 13.0. The van der Waals surface area contributed by atoms with Crippen LogP contribution >= 0.6 is 0 Å². The van der Waals surface area contributed by atoms with Crippen LogP contribution in [-0.4, -0.2) is 38.0 Å². The standard InChI is InChI=1S/C30H30N8O/c1-37-21-26(20-36-37)25-7-11-28(12-8-25)38(30(39)35-19-24-3-2-14-32-16-24)27-9-4-22(5-10-27)17-33-29-13-6-23(15-31)18-34-29/h2-3,6-8,11-14,16-18,20-22,27H,4-5,9-10,19H2,1H3,(H,35,39)/b33-17-. The number of nitrogens with one attached hydrogen (secondary N) is 1. The smallest absolute Gasteiger partial charge is 0.322 e. The summed E-state index contributed by atoms with van der Waals surface area (Å²) >= 11 is 0. The molecule has 0 aliphatic heterocycles. The van der Waals surface area contributed by atoms with E-state index in [1.807, 2.05) is 67.0 Å². The van der Waals surface area contributed by atoms with Gasteiger partial charge in [0.1, 0.15) is 6.07 Å². The molecule has 1 aliphatic carbocycles. The minimum atomic E-state index is -0.119. The molecule has 0 radical (unpaired) electrons. The second-order valence-corrected chi connectivity index (χ2v) is 9.70. The van der Waals surface area contributed by atoms with Crippen molar-refractivity contribution < 1.29 is 4.79 Å². The summed E-state index contributed by atoms with van der Waals surface area (Å²) < 4.78 is 1.78. The highest BCUT2D eigenvalue weighted by Crippen LogP contribution is 2.32. The van der Waals surface area contributed by atoms with Gasteiger partial charge in [-0.25, -0.2) is 14.8 Å². The first-order chi connectivity index (χ1) is 19.1. The summed E-state index contributed by atoms with van der Waals surface area (Å²) in [5, 5.41) is 16.3. The predicted molar refractivity (Wildman–Crippen MR) is 150 cm³/mol. The second kappa shape index (κ2) is 12.1. The fourth-order valence-electron chi connectivity index (χ4n) is 4.86. The van der Waals surface area contributed by atoms with Crippen molar-refractivity contribution in [3.63, 3.8) is 0 Å². The Morgan fingerprint density at radius 1 is 1.10 bits per heavy atom. The maximum atomic E-state index is 13.5. The van der Waals surface area contributed by atoms with Crippen LogP contribution in [0, 0.1) is 17.2 Å². The molecule has 196 valence electrons. The number of pyridine rings is 2. The molecule has 1 aliphatic rings. The van der Waals surface area contributed by atoms with Crippen LogP contribution in [-0.2, 0) is 13.6 Å². The predicted octanol–water partition coefficient (Wildman–Crippen LogP) is 5.43. The van der Waals surface area contributed by atoms with Crippen molar-refractivity contribution in [1.29, 1.82) is 5.26 Å². The van der Waals surface area contributed by atoms with E-state index >= 15 is 0 Å². The molecule has 1 N–H and O–H groups in total. The third kappa shape index (κ3) is 6.54. The summed E-state index contributed by atoms with van der Waals surface area (Å²) in [5.74, 6) is 0.910. The number of hydrogen-bond donors (Lipinski definition) is 1. The van der Waals surface area contributed by atoms with E-state index in [4.69, 9.17) is 5.26 Å². The van der Waals surface area contributed by atoms with Crippen molar-refractivity contribution in [1.82, 2.24) is 25.1 Å². The lowest BCUT2D eigenvalue weighted by Gasteiger charge is -2.36. The van der Waals surface area contributed by atoms with Crippen LogP contribution in [0.15, 0.2) is 84.5 Å². The Balaban J connectivity index is 1.29. The van der Waals surface area contributed by atoms with Crippen LogP contribution in [0.25, 0.3) is 11.1 Å². The van der Waals surface area contributed by atoms with Gasteiger partial charge in [-0.15, -0.1) is 0 Å². The van der Waals surface area contributed by atoms with Crippen molar-refractivity contribution in [3.8, 4) is 17.2 Å². The fourth-order valence-corrected chi connectivity index (χ4v) is 4.86. The number of amides is 2. The molecular weight excluding hydrogens is 488 g/mol. The molecule has 0 atom stereocenters. The average Bonchev–Trinajstić information content (AvgIpc) is 3.43. The third-order valence-corrected chi connectivity index (χ3v) is 6.97. The Bertz CT molecular complexity index is 1450. The zero-order valence-electron chi connectivity index (χ0n) is 21.8. The molecule has 5 rings (SSSR count). The summed E-state index contributed by atoms with van der Waals surface area (Å²) in [5.41, 5.74) is 4.43. The molecule has 1 fully saturated rings. The molecule has 0 bridgehead atoms. The highest BCUT2D eigenvalue weighted by Gasteiger charge is 2.29. The van der Waals surface area contributed by atoms with Gasteiger partial charge >= 0.3 is 6.03 Å². The Kier molecular flexibility index (Phi) is 8.03. The van der Waals surface area contributed by atoms with Gasteiger partial charge in [-0.3, -0.25) is 14.6 Å². The third-order valence-electron chi connectivity index (χ3n) is 6.97. The summed E-state index contributed by atoms with van der Waals surface area (Å²) in [4.78, 5) is 28.3. The van der Waals surface area contributed by atoms with Gasteiger partial charge in [0.2, 0.25) is 0 Å². The van der Waals surface area contributed by atoms with Crippen LogP contribution in [0.1, 0.15) is 36.8 Å². The minimum absolute atomic E-state index is 0.0702. The molecule has 1 aromatic carbocycles. The van der Waals surface area contributed by atoms with Crippen LogP contribution in [0.5, 0.6) is 0 Å². The van der Waals surface area contributed by atoms with E-state index in [1.54, 1.807) is 29.2 Å². The number of carbonyl (C=O) groups is 1. The second-order valence-electron chi connectivity index (χ2n) is 9.70. The number of hydrogen-bond acceptors (Lipinski definition) is 6. The van der Waals surface area contributed by atoms with Crippen LogP contribution in [0.2, 0.25) is 0 Å². The molecule has 9 heteroatoms. The maximum absolute atomic E-state index is 13.5. The molecule has 3 heterocycles. The SMILES string of the molecule is Cn1cc(-c2ccc(N(C(=O)NCc3cccnc3)C3CCC(/C=N\c4ccc(C#N)cn4)CC3)cc2)cn1. The number of rotatable bonds is 7. The van der Waals surface area contributed by atoms with Gasteiger partial charge in [0, 0.05) is 61.9 Å². The van der Waals surface area contributed by atoms with Crippen molar-refractivity contribution in [2.75, 3.05) is 4.90 Å². The quantitative estimate of drug-likeness (QED) is 0.328. The van der Waals surface area contributed by atoms with Crippen molar-refractivity contribution in [2.24, 2.45) is 18.0 Å². The summed E-state index contributed by atoms with van der Waals surface area (Å²) in [6.07, 6.45) is 14.4. The summed E-state index contributed by atoms with van der Waals surface area (Å²) in [7, 11) is 1.90. The summed E-state index contributed by atoms with van der Waals surface area (Å²) in [6, 6.07) is 17.4. The van der Waals surface area contributed by atoms with Gasteiger partial charge in [0.05, 0.1) is 11.8 Å². The van der Waals surface area contributed by atoms with E-state index in [-0.39, 0.29) is 12.1 Å². The molecule has 0 unspecified atom stereocenters. The van der Waals surface area contributed by atoms with E-state index in [9.17, 15) is 4.79 Å². The maximum Gasteiger partial charge on any atom is 0.322 e. The van der Waals surface area contributed by atoms with E-state index < -0.39 is 0 Å². The number of carbonyl (C=O) groups excluding carboxylic acids is 1. The fraction of sp³-hybridized carbons (Fsp3) is 0.267. The lowest BCUT2D eigenvalue weighted by atomic mass is 9.86. The molecular formula is C30H30N8O. The average molecular weight is 519 g/mol. The zero-order chi connectivity index (χ0) is 27.0. The van der Waals surface area contributed by atoms with Gasteiger partial charge < -0.3 is 5.32 Å². The number of nitrogens with zero attached hydrogens (tertiary/aromatic N) is 7. The van der Waals surface area contributed by atoms with Crippen LogP contribution < -0.4 is 10.2 Å². The minimum Gasteiger partial charge on any atom is -0.334 e. The van der Waals surface area contributed by atoms with E-state index in [0.717, 1.165) is 48.1 Å². The van der Waals surface area contributed by atoms with E-state index in [0.29, 0.717) is 23.8 Å². The normalized spacial score (nSPS) is 17.0. The number of anilines is 1. The van der Waals surface area contributed by atoms with Gasteiger partial charge in [0.25, 0.3) is 0 Å². The van der Waals surface area contributed by atoms with E-state index in [2.05, 4.69) is 31.4 Å². The molecule has 3 aromatic heterocycles. The summed E-state index contributed by atoms with van der Waals surface area (Å²) in [6.45, 7) is 0.413. The number of aromatic nitrogens is 4. The monoisotopic (exact) mass is 518 g/mol. The Morgan fingerprint density at radius 3 is 2.56 bits per heavy atom. The highest BCUT2D eigenvalue weighted by atomic mass is 16.2. The highest BCUT2D eigenvalue weighted by molar-refractivity contribution is 5.93. The van der Waals surface area contributed by atoms with Gasteiger partial charge in [-0.05, 0) is 73.1 Å². The Hall–Kier alpha value is -4.84.